The van der Waals surface area contributed by atoms with E-state index in [1.54, 1.807) is 12.4 Å². The van der Waals surface area contributed by atoms with Crippen molar-refractivity contribution in [2.75, 3.05) is 6.54 Å². The van der Waals surface area contributed by atoms with E-state index >= 15 is 0 Å². The number of nitrogens with one attached hydrogen (secondary N) is 1. The first-order valence-corrected chi connectivity index (χ1v) is 6.25. The predicted octanol–water partition coefficient (Wildman–Crippen LogP) is 1.68. The molecule has 0 bridgehead atoms. The fraction of sp³-hybridized carbons (Fsp3) is 0.500. The molecule has 0 spiro atoms. The van der Waals surface area contributed by atoms with Gasteiger partial charge in [0.2, 0.25) is 5.91 Å². The SMILES string of the molecule is CC1CC(C#N)(C(=O)NCCc2ccncc2)C1. The van der Waals surface area contributed by atoms with Crippen LogP contribution in [-0.2, 0) is 11.2 Å². The number of pyridine rings is 1. The lowest BCUT2D eigenvalue weighted by Crippen LogP contribution is -2.48. The number of nitriles is 1. The Morgan fingerprint density at radius 3 is 2.78 bits per heavy atom. The second-order valence-corrected chi connectivity index (χ2v) is 5.07. The highest BCUT2D eigenvalue weighted by atomic mass is 16.2. The first-order valence-electron chi connectivity index (χ1n) is 6.25. The zero-order valence-corrected chi connectivity index (χ0v) is 10.5. The van der Waals surface area contributed by atoms with Gasteiger partial charge in [-0.1, -0.05) is 6.92 Å². The summed E-state index contributed by atoms with van der Waals surface area (Å²) in [5.74, 6) is 0.368. The average molecular weight is 243 g/mol. The fourth-order valence-corrected chi connectivity index (χ4v) is 2.50. The molecule has 1 aliphatic rings. The van der Waals surface area contributed by atoms with Crippen molar-refractivity contribution in [2.45, 2.75) is 26.2 Å². The Hall–Kier alpha value is -1.89. The first-order chi connectivity index (χ1) is 8.66. The van der Waals surface area contributed by atoms with E-state index in [9.17, 15) is 4.79 Å². The molecule has 0 atom stereocenters. The van der Waals surface area contributed by atoms with Crippen LogP contribution in [0.4, 0.5) is 0 Å². The lowest BCUT2D eigenvalue weighted by molar-refractivity contribution is -0.133. The maximum absolute atomic E-state index is 12.0. The number of nitrogens with zero attached hydrogens (tertiary/aromatic N) is 2. The van der Waals surface area contributed by atoms with Gasteiger partial charge in [-0.15, -0.1) is 0 Å². The summed E-state index contributed by atoms with van der Waals surface area (Å²) in [7, 11) is 0. The highest BCUT2D eigenvalue weighted by molar-refractivity contribution is 5.86. The van der Waals surface area contributed by atoms with Gasteiger partial charge in [0.15, 0.2) is 0 Å². The molecule has 0 aromatic carbocycles. The molecule has 1 fully saturated rings. The standard InChI is InChI=1S/C14H17N3O/c1-11-8-14(9-11,10-15)13(18)17-7-4-12-2-5-16-6-3-12/h2-3,5-6,11H,4,7-9H2,1H3,(H,17,18). The molecular formula is C14H17N3O. The summed E-state index contributed by atoms with van der Waals surface area (Å²) >= 11 is 0. The van der Waals surface area contributed by atoms with Crippen LogP contribution in [0.2, 0.25) is 0 Å². The topological polar surface area (TPSA) is 65.8 Å². The van der Waals surface area contributed by atoms with E-state index in [1.807, 2.05) is 12.1 Å². The van der Waals surface area contributed by atoms with Gasteiger partial charge in [-0.05, 0) is 42.9 Å². The Balaban J connectivity index is 1.81. The molecule has 94 valence electrons. The Morgan fingerprint density at radius 2 is 2.22 bits per heavy atom. The van der Waals surface area contributed by atoms with Crippen molar-refractivity contribution in [3.05, 3.63) is 30.1 Å². The van der Waals surface area contributed by atoms with Crippen LogP contribution in [0.5, 0.6) is 0 Å². The summed E-state index contributed by atoms with van der Waals surface area (Å²) in [5, 5.41) is 12.0. The highest BCUT2D eigenvalue weighted by Crippen LogP contribution is 2.44. The number of hydrogen-bond acceptors (Lipinski definition) is 3. The molecule has 1 N–H and O–H groups in total. The van der Waals surface area contributed by atoms with Crippen molar-refractivity contribution < 1.29 is 4.79 Å². The third kappa shape index (κ3) is 2.51. The maximum Gasteiger partial charge on any atom is 0.240 e. The number of rotatable bonds is 4. The maximum atomic E-state index is 12.0. The van der Waals surface area contributed by atoms with Gasteiger partial charge in [-0.3, -0.25) is 9.78 Å². The Bertz CT molecular complexity index is 458. The number of carbonyl (C=O) groups is 1. The molecule has 0 unspecified atom stereocenters. The van der Waals surface area contributed by atoms with Crippen molar-refractivity contribution in [3.8, 4) is 6.07 Å². The number of carbonyl (C=O) groups excluding carboxylic acids is 1. The number of aromatic nitrogens is 1. The van der Waals surface area contributed by atoms with Gasteiger partial charge in [0, 0.05) is 18.9 Å². The Kier molecular flexibility index (Phi) is 3.61. The Labute approximate surface area is 107 Å². The van der Waals surface area contributed by atoms with Crippen LogP contribution in [0.3, 0.4) is 0 Å². The van der Waals surface area contributed by atoms with Crippen molar-refractivity contribution in [1.82, 2.24) is 10.3 Å². The third-order valence-electron chi connectivity index (χ3n) is 3.49. The summed E-state index contributed by atoms with van der Waals surface area (Å²) in [5.41, 5.74) is 0.371. The van der Waals surface area contributed by atoms with Crippen LogP contribution in [0.1, 0.15) is 25.3 Å². The van der Waals surface area contributed by atoms with Crippen molar-refractivity contribution in [1.29, 1.82) is 5.26 Å². The van der Waals surface area contributed by atoms with Crippen LogP contribution < -0.4 is 5.32 Å². The van der Waals surface area contributed by atoms with Crippen LogP contribution in [0.15, 0.2) is 24.5 Å². The van der Waals surface area contributed by atoms with E-state index in [0.29, 0.717) is 25.3 Å². The van der Waals surface area contributed by atoms with E-state index in [0.717, 1.165) is 12.0 Å². The summed E-state index contributed by atoms with van der Waals surface area (Å²) in [6.45, 7) is 2.64. The minimum Gasteiger partial charge on any atom is -0.354 e. The highest BCUT2D eigenvalue weighted by Gasteiger charge is 2.48. The van der Waals surface area contributed by atoms with E-state index in [4.69, 9.17) is 5.26 Å². The van der Waals surface area contributed by atoms with Gasteiger partial charge >= 0.3 is 0 Å². The molecule has 1 aromatic heterocycles. The van der Waals surface area contributed by atoms with Gasteiger partial charge in [0.25, 0.3) is 0 Å². The molecule has 1 aromatic rings. The molecular weight excluding hydrogens is 226 g/mol. The molecule has 2 rings (SSSR count). The largest absolute Gasteiger partial charge is 0.354 e. The van der Waals surface area contributed by atoms with Gasteiger partial charge < -0.3 is 5.32 Å². The minimum absolute atomic E-state index is 0.114. The van der Waals surface area contributed by atoms with Crippen LogP contribution in [0, 0.1) is 22.7 Å². The van der Waals surface area contributed by atoms with E-state index < -0.39 is 5.41 Å². The Morgan fingerprint density at radius 1 is 1.56 bits per heavy atom. The third-order valence-corrected chi connectivity index (χ3v) is 3.49. The van der Waals surface area contributed by atoms with Gasteiger partial charge in [-0.2, -0.15) is 5.26 Å². The molecule has 18 heavy (non-hydrogen) atoms. The van der Waals surface area contributed by atoms with Crippen LogP contribution >= 0.6 is 0 Å². The van der Waals surface area contributed by atoms with Gasteiger partial charge in [0.1, 0.15) is 5.41 Å². The van der Waals surface area contributed by atoms with Gasteiger partial charge in [-0.25, -0.2) is 0 Å². The zero-order chi connectivity index (χ0) is 13.0. The van der Waals surface area contributed by atoms with E-state index in [2.05, 4.69) is 23.3 Å². The summed E-state index contributed by atoms with van der Waals surface area (Å²) in [6.07, 6.45) is 5.61. The fourth-order valence-electron chi connectivity index (χ4n) is 2.50. The quantitative estimate of drug-likeness (QED) is 0.875. The minimum atomic E-state index is -0.766. The second-order valence-electron chi connectivity index (χ2n) is 5.07. The molecule has 0 saturated heterocycles. The predicted molar refractivity (Wildman–Crippen MR) is 67.4 cm³/mol. The molecule has 1 amide bonds. The molecule has 0 radical (unpaired) electrons. The molecule has 1 heterocycles. The number of hydrogen-bond donors (Lipinski definition) is 1. The smallest absolute Gasteiger partial charge is 0.240 e. The normalized spacial score (nSPS) is 25.9. The lowest BCUT2D eigenvalue weighted by Gasteiger charge is -2.39. The molecule has 1 saturated carbocycles. The molecule has 4 heteroatoms. The summed E-state index contributed by atoms with van der Waals surface area (Å²) in [6, 6.07) is 6.03. The van der Waals surface area contributed by atoms with Crippen LogP contribution in [-0.4, -0.2) is 17.4 Å². The number of amides is 1. The summed E-state index contributed by atoms with van der Waals surface area (Å²) in [4.78, 5) is 15.9. The second kappa shape index (κ2) is 5.18. The molecule has 4 nitrogen and oxygen atoms in total. The first kappa shape index (κ1) is 12.6. The zero-order valence-electron chi connectivity index (χ0n) is 10.5. The van der Waals surface area contributed by atoms with Crippen molar-refractivity contribution in [3.63, 3.8) is 0 Å². The monoisotopic (exact) mass is 243 g/mol. The molecule has 1 aliphatic carbocycles. The van der Waals surface area contributed by atoms with E-state index in [-0.39, 0.29) is 5.91 Å². The van der Waals surface area contributed by atoms with Crippen molar-refractivity contribution in [2.24, 2.45) is 11.3 Å². The van der Waals surface area contributed by atoms with E-state index in [1.165, 1.54) is 0 Å². The van der Waals surface area contributed by atoms with Crippen LogP contribution in [0.25, 0.3) is 0 Å². The molecule has 0 aliphatic heterocycles. The lowest BCUT2D eigenvalue weighted by atomic mass is 9.63. The average Bonchev–Trinajstić information content (AvgIpc) is 2.36. The summed E-state index contributed by atoms with van der Waals surface area (Å²) < 4.78 is 0. The van der Waals surface area contributed by atoms with Gasteiger partial charge in [0.05, 0.1) is 6.07 Å². The van der Waals surface area contributed by atoms with Crippen molar-refractivity contribution >= 4 is 5.91 Å².